The van der Waals surface area contributed by atoms with E-state index in [1.54, 1.807) is 0 Å². The maximum Gasteiger partial charge on any atom is 0.0679 e. The van der Waals surface area contributed by atoms with Crippen LogP contribution in [0.3, 0.4) is 0 Å². The van der Waals surface area contributed by atoms with Crippen LogP contribution in [0.2, 0.25) is 0 Å². The number of ether oxygens (including phenoxy) is 2. The van der Waals surface area contributed by atoms with E-state index >= 15 is 0 Å². The highest BCUT2D eigenvalue weighted by Gasteiger charge is 2.49. The maximum absolute atomic E-state index is 9.57. The zero-order valence-corrected chi connectivity index (χ0v) is 9.03. The van der Waals surface area contributed by atoms with Gasteiger partial charge in [-0.25, -0.2) is 0 Å². The molecule has 1 N–H and O–H groups in total. The summed E-state index contributed by atoms with van der Waals surface area (Å²) in [4.78, 5) is 0. The fourth-order valence-electron chi connectivity index (χ4n) is 2.14. The molecule has 2 aliphatic rings. The summed E-state index contributed by atoms with van der Waals surface area (Å²) in [6, 6.07) is 0. The van der Waals surface area contributed by atoms with Crippen LogP contribution in [0.4, 0.5) is 0 Å². The van der Waals surface area contributed by atoms with Gasteiger partial charge in [-0.2, -0.15) is 0 Å². The fraction of sp³-hybridized carbons (Fsp3) is 1.00. The van der Waals surface area contributed by atoms with Crippen molar-refractivity contribution in [2.24, 2.45) is 5.41 Å². The van der Waals surface area contributed by atoms with E-state index < -0.39 is 0 Å². The van der Waals surface area contributed by atoms with E-state index in [2.05, 4.69) is 13.8 Å². The monoisotopic (exact) mass is 200 g/mol. The highest BCUT2D eigenvalue weighted by Crippen LogP contribution is 2.43. The minimum absolute atomic E-state index is 0.0572. The molecule has 0 amide bonds. The summed E-state index contributed by atoms with van der Waals surface area (Å²) in [6.45, 7) is 5.79. The SMILES string of the molecule is CC1(C)C(O)CC1OC1CCOCC1. The van der Waals surface area contributed by atoms with Crippen molar-refractivity contribution in [1.82, 2.24) is 0 Å². The summed E-state index contributed by atoms with van der Waals surface area (Å²) < 4.78 is 11.2. The molecule has 1 aliphatic carbocycles. The van der Waals surface area contributed by atoms with Gasteiger partial charge in [0.25, 0.3) is 0 Å². The van der Waals surface area contributed by atoms with Crippen molar-refractivity contribution in [2.45, 2.75) is 51.4 Å². The van der Waals surface area contributed by atoms with E-state index in [0.29, 0.717) is 6.10 Å². The molecule has 0 aromatic rings. The van der Waals surface area contributed by atoms with E-state index in [0.717, 1.165) is 32.5 Å². The zero-order chi connectivity index (χ0) is 10.2. The third-order valence-electron chi connectivity index (χ3n) is 3.65. The molecule has 0 radical (unpaired) electrons. The molecule has 82 valence electrons. The van der Waals surface area contributed by atoms with Crippen LogP contribution in [-0.2, 0) is 9.47 Å². The molecule has 2 unspecified atom stereocenters. The lowest BCUT2D eigenvalue weighted by atomic mass is 9.66. The standard InChI is InChI=1S/C11H20O3/c1-11(2)9(12)7-10(11)14-8-3-5-13-6-4-8/h8-10,12H,3-7H2,1-2H3. The van der Waals surface area contributed by atoms with Crippen LogP contribution < -0.4 is 0 Å². The maximum atomic E-state index is 9.57. The van der Waals surface area contributed by atoms with Gasteiger partial charge >= 0.3 is 0 Å². The molecule has 3 heteroatoms. The van der Waals surface area contributed by atoms with E-state index in [4.69, 9.17) is 9.47 Å². The van der Waals surface area contributed by atoms with Crippen LogP contribution in [0.15, 0.2) is 0 Å². The fourth-order valence-corrected chi connectivity index (χ4v) is 2.14. The van der Waals surface area contributed by atoms with Gasteiger partial charge in [-0.1, -0.05) is 13.8 Å². The predicted molar refractivity (Wildman–Crippen MR) is 53.1 cm³/mol. The summed E-state index contributed by atoms with van der Waals surface area (Å²) >= 11 is 0. The molecule has 0 aromatic heterocycles. The van der Waals surface area contributed by atoms with Crippen LogP contribution in [-0.4, -0.2) is 36.6 Å². The van der Waals surface area contributed by atoms with Gasteiger partial charge in [0.1, 0.15) is 0 Å². The molecule has 3 nitrogen and oxygen atoms in total. The van der Waals surface area contributed by atoms with E-state index in [-0.39, 0.29) is 17.6 Å². The topological polar surface area (TPSA) is 38.7 Å². The molecule has 2 fully saturated rings. The van der Waals surface area contributed by atoms with Crippen molar-refractivity contribution in [3.05, 3.63) is 0 Å². The number of hydrogen-bond donors (Lipinski definition) is 1. The highest BCUT2D eigenvalue weighted by molar-refractivity contribution is 4.98. The van der Waals surface area contributed by atoms with E-state index in [9.17, 15) is 5.11 Å². The van der Waals surface area contributed by atoms with Crippen LogP contribution in [0.1, 0.15) is 33.1 Å². The van der Waals surface area contributed by atoms with Crippen LogP contribution >= 0.6 is 0 Å². The number of rotatable bonds is 2. The normalized spacial score (nSPS) is 37.9. The predicted octanol–water partition coefficient (Wildman–Crippen LogP) is 1.34. The van der Waals surface area contributed by atoms with Gasteiger partial charge in [-0.3, -0.25) is 0 Å². The molecule has 1 heterocycles. The first-order valence-electron chi connectivity index (χ1n) is 5.52. The summed E-state index contributed by atoms with van der Waals surface area (Å²) in [5.74, 6) is 0. The van der Waals surface area contributed by atoms with Crippen LogP contribution in [0, 0.1) is 5.41 Å². The summed E-state index contributed by atoms with van der Waals surface area (Å²) in [7, 11) is 0. The van der Waals surface area contributed by atoms with Crippen molar-refractivity contribution in [3.8, 4) is 0 Å². The summed E-state index contributed by atoms with van der Waals surface area (Å²) in [5, 5.41) is 9.57. The average molecular weight is 200 g/mol. The molecule has 1 saturated heterocycles. The minimum atomic E-state index is -0.188. The Kier molecular flexibility index (Phi) is 2.82. The quantitative estimate of drug-likeness (QED) is 0.731. The van der Waals surface area contributed by atoms with Gasteiger partial charge in [0.15, 0.2) is 0 Å². The summed E-state index contributed by atoms with van der Waals surface area (Å²) in [6.07, 6.45) is 3.20. The average Bonchev–Trinajstić information content (AvgIpc) is 2.19. The Morgan fingerprint density at radius 3 is 2.43 bits per heavy atom. The van der Waals surface area contributed by atoms with Gasteiger partial charge in [0, 0.05) is 25.0 Å². The van der Waals surface area contributed by atoms with Crippen molar-refractivity contribution in [1.29, 1.82) is 0 Å². The molecule has 0 spiro atoms. The van der Waals surface area contributed by atoms with Crippen LogP contribution in [0.25, 0.3) is 0 Å². The molecule has 0 aromatic carbocycles. The lowest BCUT2D eigenvalue weighted by Gasteiger charge is -2.50. The van der Waals surface area contributed by atoms with Gasteiger partial charge < -0.3 is 14.6 Å². The van der Waals surface area contributed by atoms with Gasteiger partial charge in [-0.05, 0) is 12.8 Å². The van der Waals surface area contributed by atoms with Gasteiger partial charge in [0.05, 0.1) is 18.3 Å². The Morgan fingerprint density at radius 1 is 1.29 bits per heavy atom. The van der Waals surface area contributed by atoms with Crippen molar-refractivity contribution in [3.63, 3.8) is 0 Å². The minimum Gasteiger partial charge on any atom is -0.392 e. The van der Waals surface area contributed by atoms with Crippen LogP contribution in [0.5, 0.6) is 0 Å². The van der Waals surface area contributed by atoms with Crippen molar-refractivity contribution < 1.29 is 14.6 Å². The zero-order valence-electron chi connectivity index (χ0n) is 9.03. The van der Waals surface area contributed by atoms with Gasteiger partial charge in [0.2, 0.25) is 0 Å². The molecule has 1 aliphatic heterocycles. The number of aliphatic hydroxyl groups is 1. The first kappa shape index (κ1) is 10.4. The van der Waals surface area contributed by atoms with Gasteiger partial charge in [-0.15, -0.1) is 0 Å². The lowest BCUT2D eigenvalue weighted by molar-refractivity contribution is -0.204. The molecule has 14 heavy (non-hydrogen) atoms. The van der Waals surface area contributed by atoms with E-state index in [1.165, 1.54) is 0 Å². The Balaban J connectivity index is 1.80. The van der Waals surface area contributed by atoms with E-state index in [1.807, 2.05) is 0 Å². The first-order chi connectivity index (χ1) is 6.60. The lowest BCUT2D eigenvalue weighted by Crippen LogP contribution is -2.55. The summed E-state index contributed by atoms with van der Waals surface area (Å²) in [5.41, 5.74) is -0.0572. The van der Waals surface area contributed by atoms with Crippen molar-refractivity contribution in [2.75, 3.05) is 13.2 Å². The first-order valence-corrected chi connectivity index (χ1v) is 5.52. The largest absolute Gasteiger partial charge is 0.392 e. The molecule has 2 rings (SSSR count). The third-order valence-corrected chi connectivity index (χ3v) is 3.65. The number of hydrogen-bond acceptors (Lipinski definition) is 3. The Morgan fingerprint density at radius 2 is 1.93 bits per heavy atom. The Bertz CT molecular complexity index is 197. The second-order valence-electron chi connectivity index (χ2n) is 5.01. The highest BCUT2D eigenvalue weighted by atomic mass is 16.5. The molecule has 0 bridgehead atoms. The molecule has 2 atom stereocenters. The van der Waals surface area contributed by atoms with Crippen molar-refractivity contribution >= 4 is 0 Å². The molecular formula is C11H20O3. The Hall–Kier alpha value is -0.120. The Labute approximate surface area is 85.4 Å². The second kappa shape index (κ2) is 3.80. The molecular weight excluding hydrogens is 180 g/mol. The smallest absolute Gasteiger partial charge is 0.0679 e. The number of aliphatic hydroxyl groups excluding tert-OH is 1. The third kappa shape index (κ3) is 1.81. The second-order valence-corrected chi connectivity index (χ2v) is 5.01. The molecule has 1 saturated carbocycles.